The number of fused-ring (bicyclic) bond motifs is 1. The topological polar surface area (TPSA) is 46.2 Å². The average Bonchev–Trinajstić information content (AvgIpc) is 3.14. The monoisotopic (exact) mass is 324 g/mol. The van der Waals surface area contributed by atoms with E-state index in [1.807, 2.05) is 30.1 Å². The predicted octanol–water partition coefficient (Wildman–Crippen LogP) is 3.23. The zero-order chi connectivity index (χ0) is 16.5. The van der Waals surface area contributed by atoms with E-state index in [2.05, 4.69) is 32.9 Å². The van der Waals surface area contributed by atoms with Gasteiger partial charge in [-0.3, -0.25) is 4.68 Å². The molecule has 3 aromatic rings. The van der Waals surface area contributed by atoms with Crippen molar-refractivity contribution in [2.45, 2.75) is 25.8 Å². The molecule has 4 rings (SSSR count). The standard InChI is InChI=1S/C19H24N4O/c1-21-13-16(15-7-3-4-8-18(15)21)17-14-23(20-19(17)24)12-11-22-9-5-2-6-10-22/h3-4,7-8,13-14H,2,5-6,9-12H2,1H3,(H,20,24). The molecule has 0 atom stereocenters. The first-order valence-corrected chi connectivity index (χ1v) is 8.75. The molecule has 0 unspecified atom stereocenters. The maximum absolute atomic E-state index is 10.3. The van der Waals surface area contributed by atoms with E-state index < -0.39 is 0 Å². The van der Waals surface area contributed by atoms with Gasteiger partial charge >= 0.3 is 0 Å². The van der Waals surface area contributed by atoms with Crippen LogP contribution in [0.2, 0.25) is 0 Å². The Hall–Kier alpha value is -2.27. The SMILES string of the molecule is Cn1cc(-c2cn(CCN3CCCCC3)nc2O)c2ccccc21. The van der Waals surface area contributed by atoms with Crippen molar-refractivity contribution in [2.75, 3.05) is 19.6 Å². The van der Waals surface area contributed by atoms with Gasteiger partial charge in [0.1, 0.15) is 0 Å². The molecule has 2 aromatic heterocycles. The van der Waals surface area contributed by atoms with E-state index in [-0.39, 0.29) is 5.88 Å². The Balaban J connectivity index is 1.58. The van der Waals surface area contributed by atoms with E-state index in [0.717, 1.165) is 35.1 Å². The smallest absolute Gasteiger partial charge is 0.238 e. The van der Waals surface area contributed by atoms with Gasteiger partial charge in [0.2, 0.25) is 5.88 Å². The lowest BCUT2D eigenvalue weighted by Crippen LogP contribution is -2.32. The van der Waals surface area contributed by atoms with Crippen molar-refractivity contribution in [2.24, 2.45) is 7.05 Å². The maximum Gasteiger partial charge on any atom is 0.238 e. The third-order valence-corrected chi connectivity index (χ3v) is 5.02. The average molecular weight is 324 g/mol. The second kappa shape index (κ2) is 6.32. The number of rotatable bonds is 4. The van der Waals surface area contributed by atoms with Gasteiger partial charge in [0, 0.05) is 42.5 Å². The van der Waals surface area contributed by atoms with Gasteiger partial charge < -0.3 is 14.6 Å². The molecular formula is C19H24N4O. The molecule has 3 heterocycles. The van der Waals surface area contributed by atoms with E-state index in [4.69, 9.17) is 0 Å². The molecular weight excluding hydrogens is 300 g/mol. The first kappa shape index (κ1) is 15.3. The van der Waals surface area contributed by atoms with Crippen LogP contribution < -0.4 is 0 Å². The molecule has 0 saturated carbocycles. The van der Waals surface area contributed by atoms with Crippen LogP contribution in [0.15, 0.2) is 36.7 Å². The van der Waals surface area contributed by atoms with E-state index in [1.165, 1.54) is 32.4 Å². The number of hydrogen-bond donors (Lipinski definition) is 1. The van der Waals surface area contributed by atoms with Gasteiger partial charge in [-0.2, -0.15) is 0 Å². The molecule has 126 valence electrons. The summed E-state index contributed by atoms with van der Waals surface area (Å²) in [7, 11) is 2.03. The lowest BCUT2D eigenvalue weighted by Gasteiger charge is -2.26. The molecule has 0 bridgehead atoms. The first-order chi connectivity index (χ1) is 11.7. The quantitative estimate of drug-likeness (QED) is 0.801. The summed E-state index contributed by atoms with van der Waals surface area (Å²) < 4.78 is 3.97. The number of nitrogens with zero attached hydrogens (tertiary/aromatic N) is 4. The molecule has 5 nitrogen and oxygen atoms in total. The molecule has 1 fully saturated rings. The number of piperidine rings is 1. The van der Waals surface area contributed by atoms with Crippen LogP contribution in [-0.4, -0.2) is 44.0 Å². The fourth-order valence-corrected chi connectivity index (χ4v) is 3.70. The Morgan fingerprint density at radius 3 is 2.62 bits per heavy atom. The summed E-state index contributed by atoms with van der Waals surface area (Å²) in [4.78, 5) is 2.49. The molecule has 0 spiro atoms. The van der Waals surface area contributed by atoms with E-state index >= 15 is 0 Å². The van der Waals surface area contributed by atoms with Crippen LogP contribution in [0.5, 0.6) is 5.88 Å². The Morgan fingerprint density at radius 2 is 1.79 bits per heavy atom. The predicted molar refractivity (Wildman–Crippen MR) is 96.1 cm³/mol. The maximum atomic E-state index is 10.3. The molecule has 1 aliphatic heterocycles. The highest BCUT2D eigenvalue weighted by molar-refractivity contribution is 5.96. The van der Waals surface area contributed by atoms with Crippen molar-refractivity contribution in [3.05, 3.63) is 36.7 Å². The van der Waals surface area contributed by atoms with Crippen molar-refractivity contribution in [1.29, 1.82) is 0 Å². The number of hydrogen-bond acceptors (Lipinski definition) is 3. The van der Waals surface area contributed by atoms with Crippen LogP contribution in [0.1, 0.15) is 19.3 Å². The lowest BCUT2D eigenvalue weighted by atomic mass is 10.1. The van der Waals surface area contributed by atoms with E-state index in [0.29, 0.717) is 0 Å². The van der Waals surface area contributed by atoms with Gasteiger partial charge in [0.05, 0.1) is 12.1 Å². The van der Waals surface area contributed by atoms with Crippen LogP contribution in [0.25, 0.3) is 22.0 Å². The summed E-state index contributed by atoms with van der Waals surface area (Å²) in [5, 5.41) is 15.8. The molecule has 1 saturated heterocycles. The molecule has 5 heteroatoms. The Labute approximate surface area is 142 Å². The lowest BCUT2D eigenvalue weighted by molar-refractivity contribution is 0.217. The van der Waals surface area contributed by atoms with Gasteiger partial charge in [-0.05, 0) is 32.0 Å². The third-order valence-electron chi connectivity index (χ3n) is 5.02. The Bertz CT molecular complexity index is 842. The molecule has 1 aromatic carbocycles. The summed E-state index contributed by atoms with van der Waals surface area (Å²) in [6.45, 7) is 4.18. The number of para-hydroxylation sites is 1. The van der Waals surface area contributed by atoms with E-state index in [1.54, 1.807) is 0 Å². The minimum absolute atomic E-state index is 0.116. The van der Waals surface area contributed by atoms with Gasteiger partial charge in [-0.1, -0.05) is 24.6 Å². The highest BCUT2D eigenvalue weighted by Gasteiger charge is 2.16. The van der Waals surface area contributed by atoms with Crippen LogP contribution in [0.4, 0.5) is 0 Å². The third kappa shape index (κ3) is 2.80. The molecule has 1 aliphatic rings. The summed E-state index contributed by atoms with van der Waals surface area (Å²) in [5.41, 5.74) is 3.01. The highest BCUT2D eigenvalue weighted by atomic mass is 16.3. The highest BCUT2D eigenvalue weighted by Crippen LogP contribution is 2.34. The van der Waals surface area contributed by atoms with Crippen LogP contribution in [0, 0.1) is 0 Å². The van der Waals surface area contributed by atoms with Gasteiger partial charge in [-0.25, -0.2) is 0 Å². The van der Waals surface area contributed by atoms with Crippen molar-refractivity contribution < 1.29 is 5.11 Å². The first-order valence-electron chi connectivity index (χ1n) is 8.75. The molecule has 0 aliphatic carbocycles. The van der Waals surface area contributed by atoms with Gasteiger partial charge in [0.15, 0.2) is 0 Å². The number of aromatic nitrogens is 3. The number of likely N-dealkylation sites (tertiary alicyclic amines) is 1. The van der Waals surface area contributed by atoms with Gasteiger partial charge in [0.25, 0.3) is 0 Å². The fourth-order valence-electron chi connectivity index (χ4n) is 3.70. The van der Waals surface area contributed by atoms with Gasteiger partial charge in [-0.15, -0.1) is 5.10 Å². The molecule has 0 radical (unpaired) electrons. The summed E-state index contributed by atoms with van der Waals surface area (Å²) in [6, 6.07) is 8.25. The zero-order valence-corrected chi connectivity index (χ0v) is 14.1. The summed E-state index contributed by atoms with van der Waals surface area (Å²) in [5.74, 6) is 0.116. The largest absolute Gasteiger partial charge is 0.492 e. The molecule has 24 heavy (non-hydrogen) atoms. The molecule has 1 N–H and O–H groups in total. The van der Waals surface area contributed by atoms with Crippen molar-refractivity contribution in [3.63, 3.8) is 0 Å². The number of aromatic hydroxyl groups is 1. The van der Waals surface area contributed by atoms with Crippen molar-refractivity contribution in [1.82, 2.24) is 19.2 Å². The Morgan fingerprint density at radius 1 is 1.00 bits per heavy atom. The van der Waals surface area contributed by atoms with Crippen molar-refractivity contribution in [3.8, 4) is 17.0 Å². The zero-order valence-electron chi connectivity index (χ0n) is 14.1. The molecule has 0 amide bonds. The Kier molecular flexibility index (Phi) is 4.02. The second-order valence-corrected chi connectivity index (χ2v) is 6.70. The van der Waals surface area contributed by atoms with Crippen LogP contribution in [0.3, 0.4) is 0 Å². The summed E-state index contributed by atoms with van der Waals surface area (Å²) >= 11 is 0. The number of benzene rings is 1. The number of aryl methyl sites for hydroxylation is 1. The minimum Gasteiger partial charge on any atom is -0.492 e. The van der Waals surface area contributed by atoms with Crippen molar-refractivity contribution >= 4 is 10.9 Å². The summed E-state index contributed by atoms with van der Waals surface area (Å²) in [6.07, 6.45) is 7.99. The fraction of sp³-hybridized carbons (Fsp3) is 0.421. The van der Waals surface area contributed by atoms with E-state index in [9.17, 15) is 5.11 Å². The normalized spacial score (nSPS) is 16.0. The van der Waals surface area contributed by atoms with Crippen LogP contribution >= 0.6 is 0 Å². The minimum atomic E-state index is 0.116. The second-order valence-electron chi connectivity index (χ2n) is 6.70. The van der Waals surface area contributed by atoms with Crippen LogP contribution in [-0.2, 0) is 13.6 Å².